The van der Waals surface area contributed by atoms with Gasteiger partial charge in [-0.3, -0.25) is 0 Å². The Hall–Kier alpha value is -1.29. The zero-order valence-electron chi connectivity index (χ0n) is 9.16. The molecule has 0 fully saturated rings. The molecule has 0 saturated carbocycles. The van der Waals surface area contributed by atoms with Crippen molar-refractivity contribution in [3.8, 4) is 0 Å². The molecular formula is C11H17FN2O. The van der Waals surface area contributed by atoms with E-state index >= 15 is 0 Å². The second-order valence-corrected chi connectivity index (χ2v) is 3.33. The van der Waals surface area contributed by atoms with Crippen LogP contribution in [0.25, 0.3) is 0 Å². The van der Waals surface area contributed by atoms with E-state index < -0.39 is 0 Å². The minimum atomic E-state index is -0.297. The topological polar surface area (TPSA) is 38.5 Å². The van der Waals surface area contributed by atoms with Gasteiger partial charge in [-0.05, 0) is 25.1 Å². The molecule has 0 atom stereocenters. The molecule has 4 heteroatoms. The zero-order valence-corrected chi connectivity index (χ0v) is 9.16. The third kappa shape index (κ3) is 3.40. The van der Waals surface area contributed by atoms with Crippen LogP contribution in [0.5, 0.6) is 0 Å². The van der Waals surface area contributed by atoms with E-state index in [0.717, 1.165) is 0 Å². The minimum Gasteiger partial charge on any atom is -0.399 e. The molecule has 1 aromatic carbocycles. The second-order valence-electron chi connectivity index (χ2n) is 3.33. The number of hydrogen-bond acceptors (Lipinski definition) is 3. The standard InChI is InChI=1S/C11H17FN2O/c1-3-15-7-6-14(2)11-5-4-9(13)8-10(11)12/h4-5,8H,3,6-7,13H2,1-2H3. The quantitative estimate of drug-likeness (QED) is 0.598. The van der Waals surface area contributed by atoms with Gasteiger partial charge in [-0.2, -0.15) is 0 Å². The van der Waals surface area contributed by atoms with Crippen molar-refractivity contribution in [1.82, 2.24) is 0 Å². The van der Waals surface area contributed by atoms with Crippen molar-refractivity contribution in [3.05, 3.63) is 24.0 Å². The fraction of sp³-hybridized carbons (Fsp3) is 0.455. The highest BCUT2D eigenvalue weighted by Gasteiger charge is 2.06. The van der Waals surface area contributed by atoms with Crippen LogP contribution < -0.4 is 10.6 Å². The first kappa shape index (κ1) is 11.8. The third-order valence-electron chi connectivity index (χ3n) is 2.16. The van der Waals surface area contributed by atoms with Crippen LogP contribution in [-0.2, 0) is 4.74 Å². The number of nitrogens with zero attached hydrogens (tertiary/aromatic N) is 1. The van der Waals surface area contributed by atoms with Crippen LogP contribution in [0.2, 0.25) is 0 Å². The predicted molar refractivity (Wildman–Crippen MR) is 60.6 cm³/mol. The Kier molecular flexibility index (Phi) is 4.37. The summed E-state index contributed by atoms with van der Waals surface area (Å²) in [5.41, 5.74) is 6.45. The van der Waals surface area contributed by atoms with Crippen LogP contribution in [0, 0.1) is 5.82 Å². The van der Waals surface area contributed by atoms with Crippen molar-refractivity contribution in [2.24, 2.45) is 0 Å². The van der Waals surface area contributed by atoms with E-state index in [1.54, 1.807) is 12.1 Å². The normalized spacial score (nSPS) is 10.3. The summed E-state index contributed by atoms with van der Waals surface area (Å²) in [5, 5.41) is 0. The highest BCUT2D eigenvalue weighted by atomic mass is 19.1. The van der Waals surface area contributed by atoms with Gasteiger partial charge in [0.2, 0.25) is 0 Å². The summed E-state index contributed by atoms with van der Waals surface area (Å²) < 4.78 is 18.6. The average Bonchev–Trinajstić information content (AvgIpc) is 2.17. The summed E-state index contributed by atoms with van der Waals surface area (Å²) in [6.45, 7) is 3.87. The average molecular weight is 212 g/mol. The first-order chi connectivity index (χ1) is 7.15. The first-order valence-electron chi connectivity index (χ1n) is 4.99. The molecule has 0 aliphatic rings. The van der Waals surface area contributed by atoms with E-state index in [4.69, 9.17) is 10.5 Å². The highest BCUT2D eigenvalue weighted by molar-refractivity contribution is 5.53. The number of rotatable bonds is 5. The molecule has 2 N–H and O–H groups in total. The largest absolute Gasteiger partial charge is 0.399 e. The molecule has 0 bridgehead atoms. The zero-order chi connectivity index (χ0) is 11.3. The summed E-state index contributed by atoms with van der Waals surface area (Å²) in [5.74, 6) is -0.297. The van der Waals surface area contributed by atoms with Gasteiger partial charge >= 0.3 is 0 Å². The molecule has 0 aliphatic heterocycles. The maximum Gasteiger partial charge on any atom is 0.148 e. The summed E-state index contributed by atoms with van der Waals surface area (Å²) in [7, 11) is 1.83. The summed E-state index contributed by atoms with van der Waals surface area (Å²) in [4.78, 5) is 1.81. The lowest BCUT2D eigenvalue weighted by Crippen LogP contribution is -2.23. The van der Waals surface area contributed by atoms with Crippen molar-refractivity contribution in [2.75, 3.05) is 37.4 Å². The van der Waals surface area contributed by atoms with Crippen LogP contribution in [0.1, 0.15) is 6.92 Å². The van der Waals surface area contributed by atoms with Crippen molar-refractivity contribution >= 4 is 11.4 Å². The lowest BCUT2D eigenvalue weighted by molar-refractivity contribution is 0.154. The Morgan fingerprint density at radius 1 is 1.47 bits per heavy atom. The minimum absolute atomic E-state index is 0.297. The fourth-order valence-corrected chi connectivity index (χ4v) is 1.30. The van der Waals surface area contributed by atoms with Crippen molar-refractivity contribution in [3.63, 3.8) is 0 Å². The summed E-state index contributed by atoms with van der Waals surface area (Å²) in [6.07, 6.45) is 0. The molecule has 1 aromatic rings. The van der Waals surface area contributed by atoms with Crippen molar-refractivity contribution in [2.45, 2.75) is 6.92 Å². The van der Waals surface area contributed by atoms with E-state index in [0.29, 0.717) is 31.1 Å². The lowest BCUT2D eigenvalue weighted by Gasteiger charge is -2.19. The van der Waals surface area contributed by atoms with Gasteiger partial charge in [0.1, 0.15) is 5.82 Å². The summed E-state index contributed by atoms with van der Waals surface area (Å²) in [6, 6.07) is 4.69. The van der Waals surface area contributed by atoms with Gasteiger partial charge in [-0.25, -0.2) is 4.39 Å². The number of nitrogen functional groups attached to an aromatic ring is 1. The van der Waals surface area contributed by atoms with Gasteiger partial charge in [-0.15, -0.1) is 0 Å². The highest BCUT2D eigenvalue weighted by Crippen LogP contribution is 2.19. The van der Waals surface area contributed by atoms with Crippen molar-refractivity contribution < 1.29 is 9.13 Å². The van der Waals surface area contributed by atoms with Crippen LogP contribution >= 0.6 is 0 Å². The van der Waals surface area contributed by atoms with Gasteiger partial charge in [-0.1, -0.05) is 0 Å². The second kappa shape index (κ2) is 5.56. The van der Waals surface area contributed by atoms with E-state index in [2.05, 4.69) is 0 Å². The molecule has 0 spiro atoms. The molecule has 0 unspecified atom stereocenters. The van der Waals surface area contributed by atoms with E-state index in [1.165, 1.54) is 6.07 Å². The Labute approximate surface area is 89.6 Å². The van der Waals surface area contributed by atoms with Crippen molar-refractivity contribution in [1.29, 1.82) is 0 Å². The molecule has 1 rings (SSSR count). The molecule has 3 nitrogen and oxygen atoms in total. The molecule has 0 saturated heterocycles. The number of hydrogen-bond donors (Lipinski definition) is 1. The van der Waals surface area contributed by atoms with Gasteiger partial charge in [0, 0.05) is 25.9 Å². The SMILES string of the molecule is CCOCCN(C)c1ccc(N)cc1F. The van der Waals surface area contributed by atoms with E-state index in [9.17, 15) is 4.39 Å². The number of anilines is 2. The van der Waals surface area contributed by atoms with Gasteiger partial charge < -0.3 is 15.4 Å². The Balaban J connectivity index is 2.61. The van der Waals surface area contributed by atoms with Crippen LogP contribution in [0.3, 0.4) is 0 Å². The number of likely N-dealkylation sites (N-methyl/N-ethyl adjacent to an activating group) is 1. The smallest absolute Gasteiger partial charge is 0.148 e. The van der Waals surface area contributed by atoms with Crippen LogP contribution in [-0.4, -0.2) is 26.8 Å². The Bertz CT molecular complexity index is 317. The molecule has 84 valence electrons. The molecule has 0 aromatic heterocycles. The van der Waals surface area contributed by atoms with E-state index in [1.807, 2.05) is 18.9 Å². The number of benzene rings is 1. The monoisotopic (exact) mass is 212 g/mol. The first-order valence-corrected chi connectivity index (χ1v) is 4.99. The molecule has 0 radical (unpaired) electrons. The third-order valence-corrected chi connectivity index (χ3v) is 2.16. The van der Waals surface area contributed by atoms with Gasteiger partial charge in [0.15, 0.2) is 0 Å². The fourth-order valence-electron chi connectivity index (χ4n) is 1.30. The Morgan fingerprint density at radius 3 is 2.80 bits per heavy atom. The van der Waals surface area contributed by atoms with E-state index in [-0.39, 0.29) is 5.82 Å². The summed E-state index contributed by atoms with van der Waals surface area (Å²) >= 11 is 0. The number of ether oxygens (including phenoxy) is 1. The Morgan fingerprint density at radius 2 is 2.20 bits per heavy atom. The van der Waals surface area contributed by atoms with Crippen LogP contribution in [0.4, 0.5) is 15.8 Å². The van der Waals surface area contributed by atoms with Gasteiger partial charge in [0.05, 0.1) is 12.3 Å². The maximum atomic E-state index is 13.4. The molecule has 15 heavy (non-hydrogen) atoms. The number of halogens is 1. The van der Waals surface area contributed by atoms with Gasteiger partial charge in [0.25, 0.3) is 0 Å². The number of nitrogens with two attached hydrogens (primary N) is 1. The molecule has 0 amide bonds. The molecule has 0 aliphatic carbocycles. The maximum absolute atomic E-state index is 13.4. The predicted octanol–water partition coefficient (Wildman–Crippen LogP) is 1.88. The molecule has 0 heterocycles. The lowest BCUT2D eigenvalue weighted by atomic mass is 10.2. The molecular weight excluding hydrogens is 195 g/mol. The van der Waals surface area contributed by atoms with Crippen LogP contribution in [0.15, 0.2) is 18.2 Å².